The molecule has 7 heteroatoms. The fourth-order valence-electron chi connectivity index (χ4n) is 1.38. The van der Waals surface area contributed by atoms with Crippen LogP contribution in [-0.4, -0.2) is 21.5 Å². The Morgan fingerprint density at radius 1 is 1.33 bits per heavy atom. The molecular weight excluding hydrogens is 250 g/mol. The summed E-state index contributed by atoms with van der Waals surface area (Å²) in [5.41, 5.74) is 0.846. The van der Waals surface area contributed by atoms with Gasteiger partial charge in [-0.2, -0.15) is 0 Å². The lowest BCUT2D eigenvalue weighted by Gasteiger charge is -2.07. The highest BCUT2D eigenvalue weighted by Crippen LogP contribution is 2.08. The molecule has 0 aliphatic heterocycles. The molecule has 0 aliphatic rings. The SMILES string of the molecule is CCCNc1cncc(NCc2csc(=O)[nH]2)n1. The Kier molecular flexibility index (Phi) is 4.30. The second kappa shape index (κ2) is 6.15. The topological polar surface area (TPSA) is 82.7 Å². The van der Waals surface area contributed by atoms with Crippen molar-refractivity contribution in [1.29, 1.82) is 0 Å². The summed E-state index contributed by atoms with van der Waals surface area (Å²) in [6.45, 7) is 3.50. The molecular formula is C11H15N5OS. The molecule has 96 valence electrons. The van der Waals surface area contributed by atoms with Gasteiger partial charge in [0.25, 0.3) is 0 Å². The van der Waals surface area contributed by atoms with Crippen molar-refractivity contribution in [3.8, 4) is 0 Å². The molecule has 2 heterocycles. The lowest BCUT2D eigenvalue weighted by atomic mass is 10.4. The first-order chi connectivity index (χ1) is 8.78. The summed E-state index contributed by atoms with van der Waals surface area (Å²) in [5.74, 6) is 1.43. The Hall–Kier alpha value is -1.89. The van der Waals surface area contributed by atoms with E-state index in [4.69, 9.17) is 0 Å². The number of H-pyrrole nitrogens is 1. The average Bonchev–Trinajstić information content (AvgIpc) is 2.80. The van der Waals surface area contributed by atoms with Gasteiger partial charge in [-0.3, -0.25) is 9.78 Å². The molecule has 0 saturated carbocycles. The lowest BCUT2D eigenvalue weighted by Crippen LogP contribution is -2.07. The first-order valence-corrected chi connectivity index (χ1v) is 6.62. The quantitative estimate of drug-likeness (QED) is 0.740. The lowest BCUT2D eigenvalue weighted by molar-refractivity contribution is 0.961. The number of aromatic amines is 1. The van der Waals surface area contributed by atoms with Crippen LogP contribution in [0.3, 0.4) is 0 Å². The van der Waals surface area contributed by atoms with Gasteiger partial charge in [-0.15, -0.1) is 0 Å². The molecule has 0 aromatic carbocycles. The third-order valence-corrected chi connectivity index (χ3v) is 2.94. The highest BCUT2D eigenvalue weighted by atomic mass is 32.1. The second-order valence-corrected chi connectivity index (χ2v) is 4.59. The third-order valence-electron chi connectivity index (χ3n) is 2.22. The van der Waals surface area contributed by atoms with Gasteiger partial charge in [0.2, 0.25) is 0 Å². The maximum atomic E-state index is 11.0. The monoisotopic (exact) mass is 265 g/mol. The van der Waals surface area contributed by atoms with Crippen LogP contribution >= 0.6 is 11.3 Å². The molecule has 2 aromatic heterocycles. The first kappa shape index (κ1) is 12.6. The van der Waals surface area contributed by atoms with Crippen LogP contribution in [0.15, 0.2) is 22.6 Å². The Morgan fingerprint density at radius 3 is 2.78 bits per heavy atom. The predicted molar refractivity (Wildman–Crippen MR) is 73.1 cm³/mol. The molecule has 3 N–H and O–H groups in total. The van der Waals surface area contributed by atoms with Gasteiger partial charge in [-0.25, -0.2) is 4.98 Å². The number of rotatable bonds is 6. The van der Waals surface area contributed by atoms with Crippen LogP contribution in [-0.2, 0) is 6.54 Å². The van der Waals surface area contributed by atoms with Crippen LogP contribution in [0, 0.1) is 0 Å². The van der Waals surface area contributed by atoms with E-state index in [9.17, 15) is 4.79 Å². The van der Waals surface area contributed by atoms with Crippen LogP contribution in [0.4, 0.5) is 11.6 Å². The first-order valence-electron chi connectivity index (χ1n) is 5.74. The number of thiazole rings is 1. The van der Waals surface area contributed by atoms with Crippen LogP contribution in [0.2, 0.25) is 0 Å². The average molecular weight is 265 g/mol. The Labute approximate surface area is 109 Å². The number of anilines is 2. The van der Waals surface area contributed by atoms with Crippen molar-refractivity contribution in [2.45, 2.75) is 19.9 Å². The normalized spacial score (nSPS) is 10.3. The minimum atomic E-state index is -0.0451. The maximum absolute atomic E-state index is 11.0. The highest BCUT2D eigenvalue weighted by Gasteiger charge is 2.00. The van der Waals surface area contributed by atoms with E-state index >= 15 is 0 Å². The summed E-state index contributed by atoms with van der Waals surface area (Å²) in [6.07, 6.45) is 4.38. The number of nitrogens with zero attached hydrogens (tertiary/aromatic N) is 2. The van der Waals surface area contributed by atoms with Crippen molar-refractivity contribution in [3.05, 3.63) is 33.1 Å². The van der Waals surface area contributed by atoms with Crippen molar-refractivity contribution >= 4 is 23.0 Å². The molecule has 0 atom stereocenters. The molecule has 0 bridgehead atoms. The van der Waals surface area contributed by atoms with Gasteiger partial charge in [0.1, 0.15) is 11.6 Å². The molecule has 0 amide bonds. The molecule has 0 saturated heterocycles. The minimum Gasteiger partial charge on any atom is -0.369 e. The van der Waals surface area contributed by atoms with E-state index in [-0.39, 0.29) is 4.87 Å². The number of hydrogen-bond acceptors (Lipinski definition) is 6. The van der Waals surface area contributed by atoms with Crippen molar-refractivity contribution in [2.24, 2.45) is 0 Å². The Morgan fingerprint density at radius 2 is 2.11 bits per heavy atom. The highest BCUT2D eigenvalue weighted by molar-refractivity contribution is 7.07. The predicted octanol–water partition coefficient (Wildman–Crippen LogP) is 1.66. The zero-order valence-electron chi connectivity index (χ0n) is 10.1. The minimum absolute atomic E-state index is 0.0451. The van der Waals surface area contributed by atoms with Gasteiger partial charge in [0.15, 0.2) is 0 Å². The standard InChI is InChI=1S/C11H15N5OS/c1-2-3-13-9-5-12-6-10(16-9)14-4-8-7-18-11(17)15-8/h5-7H,2-4H2,1H3,(H,15,17)(H2,13,14,16). The van der Waals surface area contributed by atoms with Gasteiger partial charge in [0.05, 0.1) is 18.9 Å². The van der Waals surface area contributed by atoms with Crippen molar-refractivity contribution in [2.75, 3.05) is 17.2 Å². The van der Waals surface area contributed by atoms with E-state index in [0.717, 1.165) is 35.8 Å². The molecule has 2 aromatic rings. The van der Waals surface area contributed by atoms with Gasteiger partial charge in [-0.1, -0.05) is 18.3 Å². The fourth-order valence-corrected chi connectivity index (χ4v) is 1.96. The van der Waals surface area contributed by atoms with Crippen LogP contribution < -0.4 is 15.5 Å². The van der Waals surface area contributed by atoms with Crippen molar-refractivity contribution in [3.63, 3.8) is 0 Å². The Bertz CT molecular complexity index is 550. The Balaban J connectivity index is 1.94. The molecule has 0 aliphatic carbocycles. The zero-order valence-corrected chi connectivity index (χ0v) is 10.9. The summed E-state index contributed by atoms with van der Waals surface area (Å²) in [7, 11) is 0. The summed E-state index contributed by atoms with van der Waals surface area (Å²) < 4.78 is 0. The molecule has 18 heavy (non-hydrogen) atoms. The van der Waals surface area contributed by atoms with Crippen LogP contribution in [0.5, 0.6) is 0 Å². The van der Waals surface area contributed by atoms with E-state index in [1.54, 1.807) is 17.8 Å². The molecule has 0 spiro atoms. The van der Waals surface area contributed by atoms with E-state index in [0.29, 0.717) is 12.4 Å². The van der Waals surface area contributed by atoms with E-state index in [2.05, 4.69) is 32.5 Å². The molecule has 0 radical (unpaired) electrons. The second-order valence-electron chi connectivity index (χ2n) is 3.74. The zero-order chi connectivity index (χ0) is 12.8. The maximum Gasteiger partial charge on any atom is 0.304 e. The fraction of sp³-hybridized carbons (Fsp3) is 0.364. The van der Waals surface area contributed by atoms with Gasteiger partial charge in [0, 0.05) is 17.6 Å². The smallest absolute Gasteiger partial charge is 0.304 e. The third kappa shape index (κ3) is 3.56. The molecule has 0 fully saturated rings. The van der Waals surface area contributed by atoms with Gasteiger partial charge < -0.3 is 15.6 Å². The number of nitrogens with one attached hydrogen (secondary N) is 3. The summed E-state index contributed by atoms with van der Waals surface area (Å²) in [6, 6.07) is 0. The van der Waals surface area contributed by atoms with Crippen LogP contribution in [0.1, 0.15) is 19.0 Å². The largest absolute Gasteiger partial charge is 0.369 e. The molecule has 6 nitrogen and oxygen atoms in total. The summed E-state index contributed by atoms with van der Waals surface area (Å²) >= 11 is 1.15. The van der Waals surface area contributed by atoms with E-state index < -0.39 is 0 Å². The van der Waals surface area contributed by atoms with Crippen molar-refractivity contribution < 1.29 is 0 Å². The van der Waals surface area contributed by atoms with Gasteiger partial charge >= 0.3 is 4.87 Å². The number of aromatic nitrogens is 3. The van der Waals surface area contributed by atoms with Crippen LogP contribution in [0.25, 0.3) is 0 Å². The summed E-state index contributed by atoms with van der Waals surface area (Å²) in [5, 5.41) is 8.08. The molecule has 2 rings (SSSR count). The van der Waals surface area contributed by atoms with E-state index in [1.807, 2.05) is 0 Å². The molecule has 0 unspecified atom stereocenters. The van der Waals surface area contributed by atoms with Crippen molar-refractivity contribution in [1.82, 2.24) is 15.0 Å². The van der Waals surface area contributed by atoms with Gasteiger partial charge in [-0.05, 0) is 6.42 Å². The number of hydrogen-bond donors (Lipinski definition) is 3. The summed E-state index contributed by atoms with van der Waals surface area (Å²) in [4.78, 5) is 22.1. The van der Waals surface area contributed by atoms with E-state index in [1.165, 1.54) is 0 Å².